The number of H-pyrrole nitrogens is 1. The van der Waals surface area contributed by atoms with Crippen LogP contribution in [0.15, 0.2) is 6.07 Å². The Morgan fingerprint density at radius 1 is 1.32 bits per heavy atom. The summed E-state index contributed by atoms with van der Waals surface area (Å²) in [7, 11) is 0. The molecular formula is C15H14Cl2N2O6. The van der Waals surface area contributed by atoms with Gasteiger partial charge in [-0.15, -0.1) is 0 Å². The van der Waals surface area contributed by atoms with E-state index in [1.165, 1.54) is 13.0 Å². The highest BCUT2D eigenvalue weighted by atomic mass is 35.5. The molecule has 2 aromatic rings. The number of halogens is 2. The number of carbonyl (C=O) groups is 3. The fraction of sp³-hybridized carbons (Fsp3) is 0.333. The quantitative estimate of drug-likeness (QED) is 0.621. The van der Waals surface area contributed by atoms with Crippen molar-refractivity contribution in [2.75, 3.05) is 0 Å². The summed E-state index contributed by atoms with van der Waals surface area (Å²) in [6.07, 6.45) is -0.674. The summed E-state index contributed by atoms with van der Waals surface area (Å²) in [5, 5.41) is 25.5. The number of aromatic amines is 1. The molecule has 1 heterocycles. The molecule has 0 spiro atoms. The van der Waals surface area contributed by atoms with E-state index in [9.17, 15) is 19.5 Å². The minimum Gasteiger partial charge on any atom is -0.481 e. The second kappa shape index (κ2) is 7.71. The molecule has 0 aliphatic carbocycles. The average molecular weight is 389 g/mol. The number of esters is 1. The highest BCUT2D eigenvalue weighted by Crippen LogP contribution is 2.34. The monoisotopic (exact) mass is 388 g/mol. The SMILES string of the molecule is CC(=O)OCc1c(CC(CC(=O)O)C(=O)O)cc(Cl)c2n[nH]c(Cl)c12. The molecule has 0 saturated carbocycles. The lowest BCUT2D eigenvalue weighted by atomic mass is 9.92. The van der Waals surface area contributed by atoms with Crippen LogP contribution in [-0.2, 0) is 32.1 Å². The number of fused-ring (bicyclic) bond motifs is 1. The first-order chi connectivity index (χ1) is 11.7. The maximum atomic E-state index is 11.4. The molecule has 0 bridgehead atoms. The van der Waals surface area contributed by atoms with Gasteiger partial charge >= 0.3 is 17.9 Å². The molecule has 0 radical (unpaired) electrons. The van der Waals surface area contributed by atoms with Gasteiger partial charge in [-0.05, 0) is 18.1 Å². The van der Waals surface area contributed by atoms with E-state index in [0.29, 0.717) is 22.0 Å². The Morgan fingerprint density at radius 3 is 2.56 bits per heavy atom. The van der Waals surface area contributed by atoms with Crippen molar-refractivity contribution in [1.82, 2.24) is 10.2 Å². The number of hydrogen-bond donors (Lipinski definition) is 3. The number of nitrogens with zero attached hydrogens (tertiary/aromatic N) is 1. The van der Waals surface area contributed by atoms with E-state index in [2.05, 4.69) is 10.2 Å². The van der Waals surface area contributed by atoms with Crippen molar-refractivity contribution in [1.29, 1.82) is 0 Å². The molecule has 1 aromatic carbocycles. The van der Waals surface area contributed by atoms with Crippen LogP contribution in [0.2, 0.25) is 10.2 Å². The highest BCUT2D eigenvalue weighted by Gasteiger charge is 2.25. The van der Waals surface area contributed by atoms with Crippen molar-refractivity contribution in [3.8, 4) is 0 Å². The van der Waals surface area contributed by atoms with Gasteiger partial charge in [-0.1, -0.05) is 23.2 Å². The van der Waals surface area contributed by atoms with Gasteiger partial charge in [-0.3, -0.25) is 19.5 Å². The maximum Gasteiger partial charge on any atom is 0.307 e. The maximum absolute atomic E-state index is 11.4. The molecule has 1 atom stereocenters. The van der Waals surface area contributed by atoms with Crippen molar-refractivity contribution in [3.63, 3.8) is 0 Å². The molecule has 8 nitrogen and oxygen atoms in total. The van der Waals surface area contributed by atoms with Gasteiger partial charge in [0.25, 0.3) is 0 Å². The van der Waals surface area contributed by atoms with Crippen LogP contribution in [0.1, 0.15) is 24.5 Å². The van der Waals surface area contributed by atoms with E-state index in [-0.39, 0.29) is 23.2 Å². The number of nitrogens with one attached hydrogen (secondary N) is 1. The van der Waals surface area contributed by atoms with Gasteiger partial charge in [-0.2, -0.15) is 5.10 Å². The zero-order valence-electron chi connectivity index (χ0n) is 13.0. The van der Waals surface area contributed by atoms with Crippen LogP contribution in [0, 0.1) is 5.92 Å². The molecule has 2 rings (SSSR count). The van der Waals surface area contributed by atoms with E-state index in [4.69, 9.17) is 33.0 Å². The largest absolute Gasteiger partial charge is 0.481 e. The van der Waals surface area contributed by atoms with Crippen LogP contribution < -0.4 is 0 Å². The Balaban J connectivity index is 2.54. The summed E-state index contributed by atoms with van der Waals surface area (Å²) < 4.78 is 5.02. The first-order valence-electron chi connectivity index (χ1n) is 7.12. The zero-order valence-corrected chi connectivity index (χ0v) is 14.5. The minimum atomic E-state index is -1.25. The van der Waals surface area contributed by atoms with Gasteiger partial charge in [0.2, 0.25) is 0 Å². The molecule has 134 valence electrons. The summed E-state index contributed by atoms with van der Waals surface area (Å²) in [6, 6.07) is 1.48. The number of benzene rings is 1. The summed E-state index contributed by atoms with van der Waals surface area (Å²) in [5.41, 5.74) is 1.21. The molecule has 3 N–H and O–H groups in total. The molecule has 0 fully saturated rings. The molecule has 0 amide bonds. The van der Waals surface area contributed by atoms with E-state index < -0.39 is 30.2 Å². The molecular weight excluding hydrogens is 375 g/mol. The van der Waals surface area contributed by atoms with Crippen LogP contribution in [0.25, 0.3) is 10.9 Å². The van der Waals surface area contributed by atoms with E-state index in [1.807, 2.05) is 0 Å². The summed E-state index contributed by atoms with van der Waals surface area (Å²) >= 11 is 12.3. The van der Waals surface area contributed by atoms with Gasteiger partial charge < -0.3 is 14.9 Å². The van der Waals surface area contributed by atoms with Gasteiger partial charge in [-0.25, -0.2) is 0 Å². The van der Waals surface area contributed by atoms with Gasteiger partial charge in [0, 0.05) is 17.9 Å². The van der Waals surface area contributed by atoms with Crippen molar-refractivity contribution in [2.24, 2.45) is 5.92 Å². The molecule has 25 heavy (non-hydrogen) atoms. The van der Waals surface area contributed by atoms with Crippen molar-refractivity contribution < 1.29 is 29.3 Å². The third-order valence-corrected chi connectivity index (χ3v) is 4.16. The van der Waals surface area contributed by atoms with Crippen LogP contribution >= 0.6 is 23.2 Å². The van der Waals surface area contributed by atoms with E-state index >= 15 is 0 Å². The number of rotatable bonds is 7. The molecule has 0 saturated heterocycles. The smallest absolute Gasteiger partial charge is 0.307 e. The standard InChI is InChI=1S/C15H14Cl2N2O6/c1-6(20)25-5-9-7(2-8(15(23)24)4-11(21)22)3-10(16)13-12(9)14(17)19-18-13/h3,8H,2,4-5H2,1H3,(H,18,19)(H,21,22)(H,23,24). The molecule has 0 aliphatic heterocycles. The predicted octanol–water partition coefficient (Wildman–Crippen LogP) is 2.65. The van der Waals surface area contributed by atoms with E-state index in [0.717, 1.165) is 0 Å². The third-order valence-electron chi connectivity index (χ3n) is 3.60. The molecule has 10 heteroatoms. The number of ether oxygens (including phenoxy) is 1. The Morgan fingerprint density at radius 2 is 2.00 bits per heavy atom. The lowest BCUT2D eigenvalue weighted by Gasteiger charge is -2.15. The summed E-state index contributed by atoms with van der Waals surface area (Å²) in [4.78, 5) is 33.4. The van der Waals surface area contributed by atoms with Crippen molar-refractivity contribution >= 4 is 52.0 Å². The van der Waals surface area contributed by atoms with E-state index in [1.54, 1.807) is 0 Å². The fourth-order valence-corrected chi connectivity index (χ4v) is 3.00. The first-order valence-corrected chi connectivity index (χ1v) is 7.88. The number of aliphatic carboxylic acids is 2. The van der Waals surface area contributed by atoms with Crippen LogP contribution in [0.5, 0.6) is 0 Å². The average Bonchev–Trinajstić information content (AvgIpc) is 2.88. The Labute approximate surface area is 151 Å². The molecule has 1 unspecified atom stereocenters. The number of aromatic nitrogens is 2. The number of carboxylic acid groups (broad SMARTS) is 2. The highest BCUT2D eigenvalue weighted by molar-refractivity contribution is 6.39. The second-order valence-corrected chi connectivity index (χ2v) is 6.16. The first kappa shape index (κ1) is 19.0. The Hall–Kier alpha value is -2.32. The number of carbonyl (C=O) groups excluding carboxylic acids is 1. The lowest BCUT2D eigenvalue weighted by molar-refractivity contribution is -0.148. The molecule has 0 aliphatic rings. The normalized spacial score (nSPS) is 12.1. The minimum absolute atomic E-state index is 0.116. The van der Waals surface area contributed by atoms with Crippen LogP contribution in [-0.4, -0.2) is 38.3 Å². The van der Waals surface area contributed by atoms with Gasteiger partial charge in [0.15, 0.2) is 0 Å². The predicted molar refractivity (Wildman–Crippen MR) is 88.7 cm³/mol. The molecule has 1 aromatic heterocycles. The zero-order chi connectivity index (χ0) is 18.7. The number of hydrogen-bond acceptors (Lipinski definition) is 5. The van der Waals surface area contributed by atoms with Gasteiger partial charge in [0.05, 0.1) is 17.4 Å². The van der Waals surface area contributed by atoms with Crippen LogP contribution in [0.3, 0.4) is 0 Å². The fourth-order valence-electron chi connectivity index (χ4n) is 2.48. The van der Waals surface area contributed by atoms with Crippen molar-refractivity contribution in [3.05, 3.63) is 27.4 Å². The summed E-state index contributed by atoms with van der Waals surface area (Å²) in [5.74, 6) is -4.19. The third kappa shape index (κ3) is 4.40. The van der Waals surface area contributed by atoms with Crippen LogP contribution in [0.4, 0.5) is 0 Å². The lowest BCUT2D eigenvalue weighted by Crippen LogP contribution is -2.21. The second-order valence-electron chi connectivity index (χ2n) is 5.37. The number of carboxylic acids is 2. The Bertz CT molecular complexity index is 848. The Kier molecular flexibility index (Phi) is 5.86. The van der Waals surface area contributed by atoms with Crippen molar-refractivity contribution in [2.45, 2.75) is 26.4 Å². The van der Waals surface area contributed by atoms with Gasteiger partial charge in [0.1, 0.15) is 17.3 Å². The topological polar surface area (TPSA) is 130 Å². The summed E-state index contributed by atoms with van der Waals surface area (Å²) in [6.45, 7) is 1.06.